The minimum absolute atomic E-state index is 0.00901. The van der Waals surface area contributed by atoms with Crippen molar-refractivity contribution in [3.8, 4) is 11.5 Å². The third-order valence-electron chi connectivity index (χ3n) is 3.35. The molecule has 0 bridgehead atoms. The van der Waals surface area contributed by atoms with Gasteiger partial charge >= 0.3 is 5.97 Å². The maximum absolute atomic E-state index is 12.3. The Morgan fingerprint density at radius 1 is 1.35 bits per heavy atom. The van der Waals surface area contributed by atoms with Crippen LogP contribution < -0.4 is 14.8 Å². The van der Waals surface area contributed by atoms with E-state index in [1.54, 1.807) is 25.1 Å². The Kier molecular flexibility index (Phi) is 6.22. The van der Waals surface area contributed by atoms with E-state index >= 15 is 0 Å². The fraction of sp³-hybridized carbons (Fsp3) is 0.500. The summed E-state index contributed by atoms with van der Waals surface area (Å²) in [4.78, 5) is 22.9. The highest BCUT2D eigenvalue weighted by molar-refractivity contribution is 5.95. The molecule has 1 heterocycles. The Balaban J connectivity index is 2.07. The van der Waals surface area contributed by atoms with Gasteiger partial charge in [0, 0.05) is 12.2 Å². The van der Waals surface area contributed by atoms with Gasteiger partial charge in [0.05, 0.1) is 19.3 Å². The van der Waals surface area contributed by atoms with E-state index < -0.39 is 12.6 Å². The second-order valence-electron chi connectivity index (χ2n) is 5.16. The molecule has 0 saturated carbocycles. The van der Waals surface area contributed by atoms with Crippen LogP contribution in [0.1, 0.15) is 30.1 Å². The van der Waals surface area contributed by atoms with Gasteiger partial charge in [-0.15, -0.1) is 0 Å². The first-order valence-electron chi connectivity index (χ1n) is 7.60. The number of carboxylic acids is 1. The summed E-state index contributed by atoms with van der Waals surface area (Å²) >= 11 is 0. The molecule has 1 fully saturated rings. The van der Waals surface area contributed by atoms with Crippen LogP contribution in [0.15, 0.2) is 18.2 Å². The van der Waals surface area contributed by atoms with Gasteiger partial charge in [0.15, 0.2) is 18.1 Å². The number of aliphatic carboxylic acids is 1. The van der Waals surface area contributed by atoms with Crippen molar-refractivity contribution in [2.45, 2.75) is 25.8 Å². The summed E-state index contributed by atoms with van der Waals surface area (Å²) in [5.41, 5.74) is 0.432. The van der Waals surface area contributed by atoms with Gasteiger partial charge in [0.25, 0.3) is 5.91 Å². The minimum atomic E-state index is -1.08. The highest BCUT2D eigenvalue weighted by atomic mass is 16.5. The van der Waals surface area contributed by atoms with Crippen LogP contribution in [-0.4, -0.2) is 49.5 Å². The average molecular weight is 323 g/mol. The maximum atomic E-state index is 12.3. The van der Waals surface area contributed by atoms with E-state index in [0.717, 1.165) is 19.4 Å². The Bertz CT molecular complexity index is 554. The maximum Gasteiger partial charge on any atom is 0.341 e. The van der Waals surface area contributed by atoms with Crippen LogP contribution >= 0.6 is 0 Å². The first-order chi connectivity index (χ1) is 11.1. The molecule has 0 aliphatic carbocycles. The number of benzene rings is 1. The fourth-order valence-corrected chi connectivity index (χ4v) is 2.30. The SMILES string of the molecule is CCOc1cc(C(=O)NC2CCCOC2)ccc1OCC(=O)O. The van der Waals surface area contributed by atoms with Crippen LogP contribution in [0.3, 0.4) is 0 Å². The molecule has 1 aliphatic rings. The van der Waals surface area contributed by atoms with Crippen molar-refractivity contribution in [2.24, 2.45) is 0 Å². The highest BCUT2D eigenvalue weighted by Gasteiger charge is 2.18. The summed E-state index contributed by atoms with van der Waals surface area (Å²) in [5.74, 6) is -0.647. The van der Waals surface area contributed by atoms with Crippen molar-refractivity contribution < 1.29 is 28.9 Å². The smallest absolute Gasteiger partial charge is 0.341 e. The largest absolute Gasteiger partial charge is 0.490 e. The predicted octanol–water partition coefficient (Wildman–Crippen LogP) is 1.46. The summed E-state index contributed by atoms with van der Waals surface area (Å²) in [6, 6.07) is 4.69. The molecule has 1 aromatic carbocycles. The zero-order valence-electron chi connectivity index (χ0n) is 13.0. The first-order valence-corrected chi connectivity index (χ1v) is 7.60. The lowest BCUT2D eigenvalue weighted by molar-refractivity contribution is -0.139. The quantitative estimate of drug-likeness (QED) is 0.789. The molecule has 1 unspecified atom stereocenters. The standard InChI is InChI=1S/C16H21NO6/c1-2-22-14-8-11(5-6-13(14)23-10-15(18)19)16(20)17-12-4-3-7-21-9-12/h5-6,8,12H,2-4,7,9-10H2,1H3,(H,17,20)(H,18,19). The Morgan fingerprint density at radius 2 is 2.17 bits per heavy atom. The second kappa shape index (κ2) is 8.38. The lowest BCUT2D eigenvalue weighted by Gasteiger charge is -2.23. The monoisotopic (exact) mass is 323 g/mol. The van der Waals surface area contributed by atoms with Gasteiger partial charge in [-0.2, -0.15) is 0 Å². The molecule has 7 nitrogen and oxygen atoms in total. The normalized spacial score (nSPS) is 17.3. The van der Waals surface area contributed by atoms with Crippen molar-refractivity contribution in [1.82, 2.24) is 5.32 Å². The molecule has 1 aromatic rings. The first kappa shape index (κ1) is 17.1. The van der Waals surface area contributed by atoms with Gasteiger partial charge in [-0.05, 0) is 38.0 Å². The van der Waals surface area contributed by atoms with Gasteiger partial charge in [-0.1, -0.05) is 0 Å². The molecule has 0 radical (unpaired) electrons. The van der Waals surface area contributed by atoms with Gasteiger partial charge < -0.3 is 24.6 Å². The molecular weight excluding hydrogens is 302 g/mol. The zero-order chi connectivity index (χ0) is 16.7. The van der Waals surface area contributed by atoms with Crippen LogP contribution in [-0.2, 0) is 9.53 Å². The van der Waals surface area contributed by atoms with Crippen molar-refractivity contribution in [1.29, 1.82) is 0 Å². The van der Waals surface area contributed by atoms with Crippen LogP contribution in [0.25, 0.3) is 0 Å². The van der Waals surface area contributed by atoms with Crippen LogP contribution in [0.2, 0.25) is 0 Å². The van der Waals surface area contributed by atoms with Crippen molar-refractivity contribution in [2.75, 3.05) is 26.4 Å². The Hall–Kier alpha value is -2.28. The molecule has 126 valence electrons. The fourth-order valence-electron chi connectivity index (χ4n) is 2.30. The molecule has 1 saturated heterocycles. The molecule has 0 aromatic heterocycles. The van der Waals surface area contributed by atoms with E-state index in [9.17, 15) is 9.59 Å². The molecule has 1 aliphatic heterocycles. The van der Waals surface area contributed by atoms with Gasteiger partial charge in [0.1, 0.15) is 0 Å². The van der Waals surface area contributed by atoms with Crippen LogP contribution in [0.5, 0.6) is 11.5 Å². The highest BCUT2D eigenvalue weighted by Crippen LogP contribution is 2.28. The number of hydrogen-bond acceptors (Lipinski definition) is 5. The summed E-state index contributed by atoms with van der Waals surface area (Å²) in [6.45, 7) is 2.96. The third-order valence-corrected chi connectivity index (χ3v) is 3.35. The summed E-state index contributed by atoms with van der Waals surface area (Å²) in [5, 5.41) is 11.6. The molecule has 2 rings (SSSR count). The topological polar surface area (TPSA) is 94.1 Å². The van der Waals surface area contributed by atoms with E-state index in [1.165, 1.54) is 0 Å². The minimum Gasteiger partial charge on any atom is -0.490 e. The van der Waals surface area contributed by atoms with Gasteiger partial charge in [-0.25, -0.2) is 4.79 Å². The van der Waals surface area contributed by atoms with E-state index in [4.69, 9.17) is 19.3 Å². The number of amides is 1. The van der Waals surface area contributed by atoms with E-state index in [0.29, 0.717) is 30.3 Å². The van der Waals surface area contributed by atoms with Crippen molar-refractivity contribution in [3.63, 3.8) is 0 Å². The molecule has 7 heteroatoms. The summed E-state index contributed by atoms with van der Waals surface area (Å²) < 4.78 is 15.9. The molecule has 1 atom stereocenters. The molecule has 1 amide bonds. The zero-order valence-corrected chi connectivity index (χ0v) is 13.0. The summed E-state index contributed by atoms with van der Waals surface area (Å²) in [6.07, 6.45) is 1.82. The summed E-state index contributed by atoms with van der Waals surface area (Å²) in [7, 11) is 0. The number of nitrogens with one attached hydrogen (secondary N) is 1. The van der Waals surface area contributed by atoms with Crippen LogP contribution in [0, 0.1) is 0 Å². The van der Waals surface area contributed by atoms with Crippen molar-refractivity contribution in [3.05, 3.63) is 23.8 Å². The number of carbonyl (C=O) groups excluding carboxylic acids is 1. The molecule has 23 heavy (non-hydrogen) atoms. The molecule has 2 N–H and O–H groups in total. The van der Waals surface area contributed by atoms with Crippen LogP contribution in [0.4, 0.5) is 0 Å². The van der Waals surface area contributed by atoms with E-state index in [-0.39, 0.29) is 11.9 Å². The Morgan fingerprint density at radius 3 is 2.83 bits per heavy atom. The van der Waals surface area contributed by atoms with Crippen molar-refractivity contribution >= 4 is 11.9 Å². The van der Waals surface area contributed by atoms with E-state index in [1.807, 2.05) is 0 Å². The predicted molar refractivity (Wildman–Crippen MR) is 82.0 cm³/mol. The number of carbonyl (C=O) groups is 2. The number of carboxylic acid groups (broad SMARTS) is 1. The number of ether oxygens (including phenoxy) is 3. The lowest BCUT2D eigenvalue weighted by atomic mass is 10.1. The molecule has 0 spiro atoms. The van der Waals surface area contributed by atoms with Gasteiger partial charge in [0.2, 0.25) is 0 Å². The van der Waals surface area contributed by atoms with Gasteiger partial charge in [-0.3, -0.25) is 4.79 Å². The number of hydrogen-bond donors (Lipinski definition) is 2. The average Bonchev–Trinajstić information content (AvgIpc) is 2.54. The Labute approximate surface area is 134 Å². The lowest BCUT2D eigenvalue weighted by Crippen LogP contribution is -2.40. The number of rotatable bonds is 7. The third kappa shape index (κ3) is 5.14. The second-order valence-corrected chi connectivity index (χ2v) is 5.16. The van der Waals surface area contributed by atoms with E-state index in [2.05, 4.69) is 5.32 Å². The molecular formula is C16H21NO6.